The molecule has 0 bridgehead atoms. The molecule has 7 aromatic carbocycles. The van der Waals surface area contributed by atoms with Crippen LogP contribution in [0.5, 0.6) is 0 Å². The molecule has 1 aromatic heterocycles. The third-order valence-corrected chi connectivity index (χ3v) is 14.6. The van der Waals surface area contributed by atoms with Crippen molar-refractivity contribution in [2.75, 3.05) is 0 Å². The van der Waals surface area contributed by atoms with E-state index < -0.39 is 0 Å². The van der Waals surface area contributed by atoms with Gasteiger partial charge in [-0.15, -0.1) is 0 Å². The number of rotatable bonds is 5. The number of fused-ring (bicyclic) bond motifs is 10. The molecule has 12 rings (SSSR count). The van der Waals surface area contributed by atoms with E-state index in [9.17, 15) is 0 Å². The Morgan fingerprint density at radius 2 is 0.633 bits per heavy atom. The molecule has 0 radical (unpaired) electrons. The van der Waals surface area contributed by atoms with Crippen LogP contribution < -0.4 is 0 Å². The minimum atomic E-state index is 0.0690. The van der Waals surface area contributed by atoms with Gasteiger partial charge >= 0.3 is 0 Å². The summed E-state index contributed by atoms with van der Waals surface area (Å²) in [5.41, 5.74) is 20.3. The highest BCUT2D eigenvalue weighted by molar-refractivity contribution is 5.91. The summed E-state index contributed by atoms with van der Waals surface area (Å²) in [5, 5.41) is 0. The predicted molar refractivity (Wildman–Crippen MR) is 246 cm³/mol. The minimum Gasteiger partial charge on any atom is -0.208 e. The van der Waals surface area contributed by atoms with Crippen molar-refractivity contribution < 1.29 is 0 Å². The lowest BCUT2D eigenvalue weighted by Crippen LogP contribution is -2.29. The molecule has 0 N–H and O–H groups in total. The summed E-state index contributed by atoms with van der Waals surface area (Å²) in [6, 6.07) is 60.2. The third-order valence-electron chi connectivity index (χ3n) is 14.6. The molecule has 2 saturated carbocycles. The van der Waals surface area contributed by atoms with Gasteiger partial charge in [0.2, 0.25) is 0 Å². The largest absolute Gasteiger partial charge is 0.208 e. The van der Waals surface area contributed by atoms with Crippen LogP contribution in [-0.4, -0.2) is 15.0 Å². The molecule has 8 aromatic rings. The number of hydrogen-bond acceptors (Lipinski definition) is 3. The van der Waals surface area contributed by atoms with E-state index >= 15 is 0 Å². The molecule has 60 heavy (non-hydrogen) atoms. The van der Waals surface area contributed by atoms with Crippen LogP contribution in [-0.2, 0) is 10.8 Å². The van der Waals surface area contributed by atoms with Crippen molar-refractivity contribution in [3.63, 3.8) is 0 Å². The van der Waals surface area contributed by atoms with Crippen LogP contribution in [0.15, 0.2) is 164 Å². The van der Waals surface area contributed by atoms with E-state index in [0.717, 1.165) is 16.7 Å². The summed E-state index contributed by atoms with van der Waals surface area (Å²) in [4.78, 5) is 15.1. The van der Waals surface area contributed by atoms with Crippen LogP contribution in [0.2, 0.25) is 0 Å². The van der Waals surface area contributed by atoms with E-state index in [1.54, 1.807) is 22.3 Å². The molecular formula is C57H47N3. The zero-order chi connectivity index (χ0) is 39.7. The quantitative estimate of drug-likeness (QED) is 0.175. The highest BCUT2D eigenvalue weighted by atomic mass is 15.0. The van der Waals surface area contributed by atoms with E-state index in [1.807, 2.05) is 24.3 Å². The first-order valence-electron chi connectivity index (χ1n) is 22.2. The Hall–Kier alpha value is -6.45. The second kappa shape index (κ2) is 14.1. The molecule has 4 aliphatic rings. The van der Waals surface area contributed by atoms with Gasteiger partial charge in [-0.3, -0.25) is 0 Å². The predicted octanol–water partition coefficient (Wildman–Crippen LogP) is 14.7. The van der Waals surface area contributed by atoms with Crippen LogP contribution in [0.1, 0.15) is 86.5 Å². The third kappa shape index (κ3) is 5.59. The Balaban J connectivity index is 0.918. The van der Waals surface area contributed by atoms with E-state index in [2.05, 4.69) is 140 Å². The van der Waals surface area contributed by atoms with Gasteiger partial charge in [-0.25, -0.2) is 15.0 Å². The maximum Gasteiger partial charge on any atom is 0.164 e. The van der Waals surface area contributed by atoms with Crippen LogP contribution in [0, 0.1) is 0 Å². The van der Waals surface area contributed by atoms with Crippen molar-refractivity contribution in [2.24, 2.45) is 0 Å². The fraction of sp³-hybridized carbons (Fsp3) is 0.211. The molecule has 3 nitrogen and oxygen atoms in total. The van der Waals surface area contributed by atoms with Gasteiger partial charge < -0.3 is 0 Å². The summed E-state index contributed by atoms with van der Waals surface area (Å²) in [6.07, 6.45) is 12.9. The van der Waals surface area contributed by atoms with Crippen molar-refractivity contribution in [3.05, 3.63) is 186 Å². The highest BCUT2D eigenvalue weighted by Gasteiger charge is 2.49. The van der Waals surface area contributed by atoms with E-state index in [0.29, 0.717) is 17.5 Å². The van der Waals surface area contributed by atoms with Crippen molar-refractivity contribution in [1.82, 2.24) is 15.0 Å². The van der Waals surface area contributed by atoms with Gasteiger partial charge in [-0.05, 0) is 111 Å². The molecular weight excluding hydrogens is 727 g/mol. The summed E-state index contributed by atoms with van der Waals surface area (Å²) < 4.78 is 0. The molecule has 290 valence electrons. The fourth-order valence-corrected chi connectivity index (χ4v) is 11.6. The second-order valence-corrected chi connectivity index (χ2v) is 17.7. The molecule has 0 atom stereocenters. The highest BCUT2D eigenvalue weighted by Crippen LogP contribution is 2.62. The van der Waals surface area contributed by atoms with Gasteiger partial charge in [0.05, 0.1) is 0 Å². The molecule has 1 heterocycles. The molecule has 0 aliphatic heterocycles. The topological polar surface area (TPSA) is 38.7 Å². The van der Waals surface area contributed by atoms with E-state index in [-0.39, 0.29) is 10.8 Å². The van der Waals surface area contributed by atoms with Crippen LogP contribution in [0.4, 0.5) is 0 Å². The maximum atomic E-state index is 5.08. The minimum absolute atomic E-state index is 0.0690. The van der Waals surface area contributed by atoms with Crippen molar-refractivity contribution in [2.45, 2.75) is 75.0 Å². The standard InChI is InChI=1S/C57H47N3/c1-5-15-38(16-6-1)39-21-25-42(26-22-39)54-58-53(41-17-7-2-8-18-41)59-55(60-54)43-27-23-40(24-28-43)44-29-30-46-48-37-51-47(36-52(48)57(50(46)35-44)33-13-4-14-34-57)45-19-9-10-20-49(45)56(51)31-11-3-12-32-56/h1-2,5-10,15-30,35-37H,3-4,11-14,31-34H2. The Morgan fingerprint density at radius 1 is 0.267 bits per heavy atom. The van der Waals surface area contributed by atoms with Gasteiger partial charge in [-0.1, -0.05) is 184 Å². The fourth-order valence-electron chi connectivity index (χ4n) is 11.6. The van der Waals surface area contributed by atoms with Crippen molar-refractivity contribution in [1.29, 1.82) is 0 Å². The lowest BCUT2D eigenvalue weighted by Gasteiger charge is -2.37. The maximum absolute atomic E-state index is 5.08. The van der Waals surface area contributed by atoms with Gasteiger partial charge in [-0.2, -0.15) is 0 Å². The monoisotopic (exact) mass is 773 g/mol. The Morgan fingerprint density at radius 3 is 1.18 bits per heavy atom. The summed E-state index contributed by atoms with van der Waals surface area (Å²) in [7, 11) is 0. The average molecular weight is 774 g/mol. The number of aromatic nitrogens is 3. The SMILES string of the molecule is c1ccc(-c2ccc(-c3nc(-c4ccccc4)nc(-c4ccc(-c5ccc6c(c5)C5(CCCCC5)c5cc7c(cc5-6)C5(CCCCC5)c5ccccc5-7)cc4)n3)cc2)cc1. The van der Waals surface area contributed by atoms with Crippen LogP contribution >= 0.6 is 0 Å². The zero-order valence-electron chi connectivity index (χ0n) is 34.0. The Kier molecular flexibility index (Phi) is 8.34. The smallest absolute Gasteiger partial charge is 0.164 e. The molecule has 4 aliphatic carbocycles. The molecule has 3 heteroatoms. The van der Waals surface area contributed by atoms with Gasteiger partial charge in [0.15, 0.2) is 17.5 Å². The first kappa shape index (κ1) is 35.5. The van der Waals surface area contributed by atoms with Gasteiger partial charge in [0.1, 0.15) is 0 Å². The van der Waals surface area contributed by atoms with E-state index in [4.69, 9.17) is 15.0 Å². The number of benzene rings is 7. The average Bonchev–Trinajstić information content (AvgIpc) is 3.73. The molecule has 0 unspecified atom stereocenters. The Bertz CT molecular complexity index is 2900. The summed E-state index contributed by atoms with van der Waals surface area (Å²) in [5.74, 6) is 2.02. The first-order valence-corrected chi connectivity index (χ1v) is 22.2. The normalized spacial score (nSPS) is 16.6. The molecule has 2 spiro atoms. The van der Waals surface area contributed by atoms with Crippen molar-refractivity contribution >= 4 is 0 Å². The van der Waals surface area contributed by atoms with Crippen molar-refractivity contribution in [3.8, 4) is 78.7 Å². The van der Waals surface area contributed by atoms with Crippen LogP contribution in [0.25, 0.3) is 78.7 Å². The molecule has 0 saturated heterocycles. The van der Waals surface area contributed by atoms with Crippen LogP contribution in [0.3, 0.4) is 0 Å². The molecule has 0 amide bonds. The first-order chi connectivity index (χ1) is 29.7. The lowest BCUT2D eigenvalue weighted by molar-refractivity contribution is 0.350. The molecule has 2 fully saturated rings. The number of hydrogen-bond donors (Lipinski definition) is 0. The zero-order valence-corrected chi connectivity index (χ0v) is 34.0. The van der Waals surface area contributed by atoms with Gasteiger partial charge in [0, 0.05) is 27.5 Å². The second-order valence-electron chi connectivity index (χ2n) is 17.7. The number of nitrogens with zero attached hydrogens (tertiary/aromatic N) is 3. The lowest BCUT2D eigenvalue weighted by atomic mass is 9.66. The summed E-state index contributed by atoms with van der Waals surface area (Å²) in [6.45, 7) is 0. The Labute approximate surface area is 353 Å². The van der Waals surface area contributed by atoms with Gasteiger partial charge in [0.25, 0.3) is 0 Å². The van der Waals surface area contributed by atoms with E-state index in [1.165, 1.54) is 109 Å². The summed E-state index contributed by atoms with van der Waals surface area (Å²) >= 11 is 0.